The number of carbonyl (C=O) groups is 1. The van der Waals surface area contributed by atoms with E-state index in [0.29, 0.717) is 24.2 Å². The lowest BCUT2D eigenvalue weighted by Gasteiger charge is -2.14. The molecule has 6 heteroatoms. The zero-order valence-corrected chi connectivity index (χ0v) is 11.9. The second-order valence-electron chi connectivity index (χ2n) is 4.76. The third-order valence-corrected chi connectivity index (χ3v) is 2.86. The largest absolute Gasteiger partial charge is 0.481 e. The molecule has 2 unspecified atom stereocenters. The van der Waals surface area contributed by atoms with Gasteiger partial charge in [-0.1, -0.05) is 13.8 Å². The van der Waals surface area contributed by atoms with Gasteiger partial charge in [0.2, 0.25) is 0 Å². The summed E-state index contributed by atoms with van der Waals surface area (Å²) in [6, 6.07) is 2.13. The van der Waals surface area contributed by atoms with Crippen molar-refractivity contribution in [3.63, 3.8) is 0 Å². The predicted octanol–water partition coefficient (Wildman–Crippen LogP) is 2.13. The van der Waals surface area contributed by atoms with Crippen molar-refractivity contribution in [1.82, 2.24) is 9.97 Å². The van der Waals surface area contributed by atoms with Gasteiger partial charge >= 0.3 is 5.97 Å². The Bertz CT molecular complexity index is 437. The summed E-state index contributed by atoms with van der Waals surface area (Å²) in [7, 11) is 0. The van der Waals surface area contributed by atoms with E-state index in [0.717, 1.165) is 12.2 Å². The Morgan fingerprint density at radius 3 is 2.58 bits per heavy atom. The first kappa shape index (κ1) is 15.2. The Labute approximate surface area is 113 Å². The second-order valence-corrected chi connectivity index (χ2v) is 4.76. The maximum absolute atomic E-state index is 10.8. The van der Waals surface area contributed by atoms with Gasteiger partial charge in [0.1, 0.15) is 17.5 Å². The van der Waals surface area contributed by atoms with Crippen LogP contribution in [0.15, 0.2) is 6.07 Å². The number of carboxylic acids is 1. The average molecular weight is 266 g/mol. The third kappa shape index (κ3) is 5.11. The molecule has 1 heterocycles. The predicted molar refractivity (Wildman–Crippen MR) is 75.4 cm³/mol. The molecule has 0 fully saturated rings. The fourth-order valence-electron chi connectivity index (χ4n) is 1.43. The first-order chi connectivity index (χ1) is 8.92. The molecule has 0 bridgehead atoms. The third-order valence-electron chi connectivity index (χ3n) is 2.86. The zero-order valence-electron chi connectivity index (χ0n) is 11.9. The molecule has 0 aromatic carbocycles. The maximum atomic E-state index is 10.8. The van der Waals surface area contributed by atoms with Crippen LogP contribution in [0.2, 0.25) is 0 Å². The number of nitrogens with one attached hydrogen (secondary N) is 2. The maximum Gasteiger partial charge on any atom is 0.308 e. The molecule has 0 saturated heterocycles. The van der Waals surface area contributed by atoms with Crippen molar-refractivity contribution in [1.29, 1.82) is 0 Å². The minimum Gasteiger partial charge on any atom is -0.481 e. The number of anilines is 2. The van der Waals surface area contributed by atoms with Crippen LogP contribution in [-0.4, -0.2) is 33.6 Å². The molecule has 0 aliphatic rings. The van der Waals surface area contributed by atoms with Crippen molar-refractivity contribution in [2.24, 2.45) is 5.92 Å². The Morgan fingerprint density at radius 1 is 1.37 bits per heavy atom. The van der Waals surface area contributed by atoms with Gasteiger partial charge in [0.25, 0.3) is 0 Å². The molecule has 0 saturated carbocycles. The van der Waals surface area contributed by atoms with Crippen LogP contribution in [0.5, 0.6) is 0 Å². The number of hydrogen-bond donors (Lipinski definition) is 3. The number of carboxylic acid groups (broad SMARTS) is 1. The summed E-state index contributed by atoms with van der Waals surface area (Å²) in [6.07, 6.45) is 1.00. The van der Waals surface area contributed by atoms with Gasteiger partial charge in [-0.15, -0.1) is 0 Å². The van der Waals surface area contributed by atoms with Gasteiger partial charge in [0, 0.05) is 18.7 Å². The molecule has 0 aliphatic heterocycles. The van der Waals surface area contributed by atoms with Crippen LogP contribution < -0.4 is 10.6 Å². The number of aliphatic carboxylic acids is 1. The fourth-order valence-corrected chi connectivity index (χ4v) is 1.43. The lowest BCUT2D eigenvalue weighted by atomic mass is 10.2. The van der Waals surface area contributed by atoms with Gasteiger partial charge in [0.05, 0.1) is 5.92 Å². The summed E-state index contributed by atoms with van der Waals surface area (Å²) in [5, 5.41) is 15.1. The highest BCUT2D eigenvalue weighted by atomic mass is 16.4. The molecule has 1 aromatic rings. The number of hydrogen-bond acceptors (Lipinski definition) is 5. The van der Waals surface area contributed by atoms with Crippen molar-refractivity contribution in [3.8, 4) is 0 Å². The molecule has 0 spiro atoms. The van der Waals surface area contributed by atoms with E-state index < -0.39 is 11.9 Å². The normalized spacial score (nSPS) is 13.7. The number of aromatic nitrogens is 2. The highest BCUT2D eigenvalue weighted by molar-refractivity contribution is 5.70. The summed E-state index contributed by atoms with van der Waals surface area (Å²) in [5.41, 5.74) is 0. The Morgan fingerprint density at radius 2 is 2.00 bits per heavy atom. The van der Waals surface area contributed by atoms with Crippen LogP contribution in [0.25, 0.3) is 0 Å². The van der Waals surface area contributed by atoms with Crippen LogP contribution in [0.3, 0.4) is 0 Å². The van der Waals surface area contributed by atoms with Crippen molar-refractivity contribution >= 4 is 17.6 Å². The quantitative estimate of drug-likeness (QED) is 0.700. The topological polar surface area (TPSA) is 87.1 Å². The Balaban J connectivity index is 2.71. The molecule has 0 radical (unpaired) electrons. The lowest BCUT2D eigenvalue weighted by molar-refractivity contribution is -0.140. The van der Waals surface area contributed by atoms with E-state index in [1.54, 1.807) is 13.0 Å². The highest BCUT2D eigenvalue weighted by Crippen LogP contribution is 2.13. The van der Waals surface area contributed by atoms with E-state index in [1.165, 1.54) is 0 Å². The lowest BCUT2D eigenvalue weighted by Crippen LogP contribution is -2.21. The van der Waals surface area contributed by atoms with E-state index in [1.807, 2.05) is 6.92 Å². The summed E-state index contributed by atoms with van der Waals surface area (Å²) < 4.78 is 0. The second kappa shape index (κ2) is 6.92. The van der Waals surface area contributed by atoms with Gasteiger partial charge < -0.3 is 15.7 Å². The standard InChI is InChI=1S/C13H22N4O2/c1-5-9(3)15-12-6-11(16-10(4)17-12)14-7-8(2)13(18)19/h6,8-9H,5,7H2,1-4H3,(H,18,19)(H2,14,15,16,17). The van der Waals surface area contributed by atoms with Crippen LogP contribution in [0.1, 0.15) is 33.0 Å². The van der Waals surface area contributed by atoms with Crippen LogP contribution in [-0.2, 0) is 4.79 Å². The summed E-state index contributed by atoms with van der Waals surface area (Å²) in [5.74, 6) is 0.773. The average Bonchev–Trinajstić information content (AvgIpc) is 2.34. The van der Waals surface area contributed by atoms with E-state index in [9.17, 15) is 4.79 Å². The fraction of sp³-hybridized carbons (Fsp3) is 0.615. The van der Waals surface area contributed by atoms with E-state index in [-0.39, 0.29) is 0 Å². The molecule has 106 valence electrons. The van der Waals surface area contributed by atoms with Gasteiger partial charge in [-0.2, -0.15) is 0 Å². The smallest absolute Gasteiger partial charge is 0.308 e. The summed E-state index contributed by atoms with van der Waals surface area (Å²) in [6.45, 7) is 7.99. The Hall–Kier alpha value is -1.85. The van der Waals surface area contributed by atoms with Crippen LogP contribution in [0.4, 0.5) is 11.6 Å². The molecule has 1 aromatic heterocycles. The molecule has 6 nitrogen and oxygen atoms in total. The van der Waals surface area contributed by atoms with Gasteiger partial charge in [-0.25, -0.2) is 9.97 Å². The van der Waals surface area contributed by atoms with E-state index in [4.69, 9.17) is 5.11 Å². The zero-order chi connectivity index (χ0) is 14.4. The molecular formula is C13H22N4O2. The van der Waals surface area contributed by atoms with Gasteiger partial charge in [-0.05, 0) is 20.3 Å². The molecule has 0 amide bonds. The molecule has 1 rings (SSSR count). The first-order valence-electron chi connectivity index (χ1n) is 6.51. The minimum absolute atomic E-state index is 0.333. The van der Waals surface area contributed by atoms with E-state index >= 15 is 0 Å². The number of rotatable bonds is 7. The summed E-state index contributed by atoms with van der Waals surface area (Å²) >= 11 is 0. The van der Waals surface area contributed by atoms with Gasteiger partial charge in [0.15, 0.2) is 0 Å². The van der Waals surface area contributed by atoms with E-state index in [2.05, 4.69) is 34.4 Å². The van der Waals surface area contributed by atoms with Crippen LogP contribution >= 0.6 is 0 Å². The molecule has 19 heavy (non-hydrogen) atoms. The summed E-state index contributed by atoms with van der Waals surface area (Å²) in [4.78, 5) is 19.3. The molecule has 0 aliphatic carbocycles. The van der Waals surface area contributed by atoms with Crippen LogP contribution in [0, 0.1) is 12.8 Å². The van der Waals surface area contributed by atoms with Crippen molar-refractivity contribution in [2.75, 3.05) is 17.2 Å². The molecular weight excluding hydrogens is 244 g/mol. The highest BCUT2D eigenvalue weighted by Gasteiger charge is 2.11. The minimum atomic E-state index is -0.823. The van der Waals surface area contributed by atoms with Crippen molar-refractivity contribution in [2.45, 2.75) is 40.2 Å². The van der Waals surface area contributed by atoms with Crippen molar-refractivity contribution in [3.05, 3.63) is 11.9 Å². The SMILES string of the molecule is CCC(C)Nc1cc(NCC(C)C(=O)O)nc(C)n1. The van der Waals surface area contributed by atoms with Gasteiger partial charge in [-0.3, -0.25) is 4.79 Å². The first-order valence-corrected chi connectivity index (χ1v) is 6.51. The Kier molecular flexibility index (Phi) is 5.54. The number of nitrogens with zero attached hydrogens (tertiary/aromatic N) is 2. The molecule has 2 atom stereocenters. The molecule has 3 N–H and O–H groups in total. The monoisotopic (exact) mass is 266 g/mol. The van der Waals surface area contributed by atoms with Crippen molar-refractivity contribution < 1.29 is 9.90 Å². The number of aryl methyl sites for hydroxylation is 1.